The largest absolute Gasteiger partial charge is 0.497 e. The molecule has 1 aromatic heterocycles. The Morgan fingerprint density at radius 2 is 1.79 bits per heavy atom. The van der Waals surface area contributed by atoms with E-state index in [-0.39, 0.29) is 31.6 Å². The van der Waals surface area contributed by atoms with E-state index < -0.39 is 18.1 Å². The predicted octanol–water partition coefficient (Wildman–Crippen LogP) is 3.23. The molecule has 0 saturated carbocycles. The molecule has 2 fully saturated rings. The number of aryl methyl sites for hydroxylation is 1. The summed E-state index contributed by atoms with van der Waals surface area (Å²) in [5.74, 6) is 1.06. The highest BCUT2D eigenvalue weighted by atomic mass is 16.6. The Hall–Kier alpha value is -4.41. The van der Waals surface area contributed by atoms with Crippen LogP contribution in [0.15, 0.2) is 59.1 Å². The third kappa shape index (κ3) is 6.19. The summed E-state index contributed by atoms with van der Waals surface area (Å²) in [6, 6.07) is 15.7. The lowest BCUT2D eigenvalue weighted by atomic mass is 10.0. The number of carbonyl (C=O) groups is 3. The first-order chi connectivity index (χ1) is 19.0. The third-order valence-electron chi connectivity index (χ3n) is 6.99. The molecule has 0 spiro atoms. The van der Waals surface area contributed by atoms with E-state index in [2.05, 4.69) is 10.1 Å². The molecule has 11 nitrogen and oxygen atoms in total. The molecule has 0 bridgehead atoms. The first-order valence-electron chi connectivity index (χ1n) is 12.9. The van der Waals surface area contributed by atoms with Crippen molar-refractivity contribution in [2.75, 3.05) is 26.8 Å². The molecule has 0 radical (unpaired) electrons. The molecule has 2 amide bonds. The number of rotatable bonds is 9. The van der Waals surface area contributed by atoms with Gasteiger partial charge in [-0.05, 0) is 42.7 Å². The lowest BCUT2D eigenvalue weighted by molar-refractivity contribution is -0.150. The van der Waals surface area contributed by atoms with Crippen LogP contribution in [0.5, 0.6) is 5.75 Å². The van der Waals surface area contributed by atoms with Crippen LogP contribution in [-0.4, -0.2) is 76.8 Å². The van der Waals surface area contributed by atoms with Gasteiger partial charge in [0.1, 0.15) is 19.0 Å². The van der Waals surface area contributed by atoms with E-state index in [0.717, 1.165) is 16.9 Å². The first kappa shape index (κ1) is 26.2. The minimum Gasteiger partial charge on any atom is -0.497 e. The molecule has 2 saturated heterocycles. The van der Waals surface area contributed by atoms with E-state index >= 15 is 0 Å². The van der Waals surface area contributed by atoms with Crippen molar-refractivity contribution in [3.63, 3.8) is 0 Å². The number of hydrogen-bond acceptors (Lipinski definition) is 9. The highest BCUT2D eigenvalue weighted by molar-refractivity contribution is 5.84. The predicted molar refractivity (Wildman–Crippen MR) is 137 cm³/mol. The molecule has 11 heteroatoms. The van der Waals surface area contributed by atoms with Crippen LogP contribution >= 0.6 is 0 Å². The molecular weight excluding hydrogens is 504 g/mol. The maximum atomic E-state index is 12.8. The molecule has 0 N–H and O–H groups in total. The van der Waals surface area contributed by atoms with Crippen molar-refractivity contribution in [3.05, 3.63) is 66.1 Å². The highest BCUT2D eigenvalue weighted by Crippen LogP contribution is 2.26. The second-order valence-electron chi connectivity index (χ2n) is 9.45. The number of carbonyl (C=O) groups excluding carboxylic acids is 3. The van der Waals surface area contributed by atoms with Gasteiger partial charge in [-0.25, -0.2) is 9.59 Å². The SMILES string of the molecule is COc1ccc(-c2noc(CCC(=O)N3CCC(N4C(=O)OC[C@H]4C(=O)OCc4ccccc4)CC3)n2)cc1. The van der Waals surface area contributed by atoms with E-state index in [1.807, 2.05) is 54.6 Å². The van der Waals surface area contributed by atoms with Crippen LogP contribution in [0.1, 0.15) is 30.7 Å². The van der Waals surface area contributed by atoms with Gasteiger partial charge in [-0.3, -0.25) is 9.69 Å². The number of ether oxygens (including phenoxy) is 3. The molecule has 0 aliphatic carbocycles. The van der Waals surface area contributed by atoms with E-state index in [0.29, 0.717) is 44.1 Å². The Labute approximate surface area is 225 Å². The summed E-state index contributed by atoms with van der Waals surface area (Å²) in [4.78, 5) is 45.7. The van der Waals surface area contributed by atoms with Crippen molar-refractivity contribution in [1.82, 2.24) is 19.9 Å². The van der Waals surface area contributed by atoms with Gasteiger partial charge in [0.2, 0.25) is 17.6 Å². The molecule has 0 unspecified atom stereocenters. The lowest BCUT2D eigenvalue weighted by Crippen LogP contribution is -2.52. The van der Waals surface area contributed by atoms with Crippen molar-refractivity contribution in [2.45, 2.75) is 44.4 Å². The minimum atomic E-state index is -0.786. The minimum absolute atomic E-state index is 0.0273. The molecule has 3 heterocycles. The fraction of sp³-hybridized carbons (Fsp3) is 0.393. The van der Waals surface area contributed by atoms with E-state index in [9.17, 15) is 14.4 Å². The lowest BCUT2D eigenvalue weighted by Gasteiger charge is -2.37. The Morgan fingerprint density at radius 1 is 1.05 bits per heavy atom. The maximum Gasteiger partial charge on any atom is 0.410 e. The Morgan fingerprint density at radius 3 is 2.51 bits per heavy atom. The number of likely N-dealkylation sites (tertiary alicyclic amines) is 1. The van der Waals surface area contributed by atoms with Gasteiger partial charge in [-0.1, -0.05) is 35.5 Å². The smallest absolute Gasteiger partial charge is 0.410 e. The first-order valence-corrected chi connectivity index (χ1v) is 12.9. The third-order valence-corrected chi connectivity index (χ3v) is 6.99. The number of nitrogens with zero attached hydrogens (tertiary/aromatic N) is 4. The van der Waals surface area contributed by atoms with Gasteiger partial charge >= 0.3 is 12.1 Å². The summed E-state index contributed by atoms with van der Waals surface area (Å²) >= 11 is 0. The monoisotopic (exact) mass is 534 g/mol. The number of piperidine rings is 1. The summed E-state index contributed by atoms with van der Waals surface area (Å²) in [6.45, 7) is 1.04. The van der Waals surface area contributed by atoms with Gasteiger partial charge in [0, 0.05) is 37.5 Å². The van der Waals surface area contributed by atoms with Crippen LogP contribution in [0.3, 0.4) is 0 Å². The zero-order valence-electron chi connectivity index (χ0n) is 21.7. The molecule has 1 atom stereocenters. The number of methoxy groups -OCH3 is 1. The molecule has 204 valence electrons. The number of amides is 2. The normalized spacial score (nSPS) is 17.7. The number of cyclic esters (lactones) is 1. The van der Waals surface area contributed by atoms with Crippen molar-refractivity contribution in [2.24, 2.45) is 0 Å². The van der Waals surface area contributed by atoms with Crippen LogP contribution in [0.4, 0.5) is 4.79 Å². The van der Waals surface area contributed by atoms with Crippen LogP contribution in [0.25, 0.3) is 11.4 Å². The second-order valence-corrected chi connectivity index (χ2v) is 9.45. The van der Waals surface area contributed by atoms with Crippen molar-refractivity contribution in [3.8, 4) is 17.1 Å². The molecule has 5 rings (SSSR count). The van der Waals surface area contributed by atoms with Gasteiger partial charge in [0.15, 0.2) is 6.04 Å². The van der Waals surface area contributed by atoms with Crippen LogP contribution < -0.4 is 4.74 Å². The average molecular weight is 535 g/mol. The quantitative estimate of drug-likeness (QED) is 0.381. The van der Waals surface area contributed by atoms with Crippen LogP contribution in [0.2, 0.25) is 0 Å². The zero-order valence-corrected chi connectivity index (χ0v) is 21.7. The standard InChI is InChI=1S/C28H30N4O7/c1-36-22-9-7-20(8-10-22)26-29-24(39-30-26)11-12-25(33)31-15-13-21(14-16-31)32-23(18-38-28(32)35)27(34)37-17-19-5-3-2-4-6-19/h2-10,21,23H,11-18H2,1H3/t23-/m0/s1. The summed E-state index contributed by atoms with van der Waals surface area (Å²) in [7, 11) is 1.60. The Kier molecular flexibility index (Phi) is 8.04. The molecule has 2 aliphatic rings. The topological polar surface area (TPSA) is 124 Å². The number of aromatic nitrogens is 2. The van der Waals surface area contributed by atoms with E-state index in [1.54, 1.807) is 12.0 Å². The van der Waals surface area contributed by atoms with Crippen LogP contribution in [-0.2, 0) is 32.1 Å². The Bertz CT molecular complexity index is 1290. The van der Waals surface area contributed by atoms with Gasteiger partial charge in [0.25, 0.3) is 0 Å². The van der Waals surface area contributed by atoms with Gasteiger partial charge in [-0.15, -0.1) is 0 Å². The Balaban J connectivity index is 1.09. The second kappa shape index (κ2) is 12.0. The van der Waals surface area contributed by atoms with Crippen molar-refractivity contribution in [1.29, 1.82) is 0 Å². The number of benzene rings is 2. The number of hydrogen-bond donors (Lipinski definition) is 0. The molecule has 2 aliphatic heterocycles. The fourth-order valence-corrected chi connectivity index (χ4v) is 4.82. The zero-order chi connectivity index (χ0) is 27.2. The van der Waals surface area contributed by atoms with E-state index in [4.69, 9.17) is 18.7 Å². The summed E-state index contributed by atoms with van der Waals surface area (Å²) in [6.07, 6.45) is 1.13. The fourth-order valence-electron chi connectivity index (χ4n) is 4.82. The van der Waals surface area contributed by atoms with Crippen molar-refractivity contribution < 1.29 is 33.1 Å². The van der Waals surface area contributed by atoms with E-state index in [1.165, 1.54) is 4.90 Å². The molecule has 3 aromatic rings. The summed E-state index contributed by atoms with van der Waals surface area (Å²) in [5, 5.41) is 4.01. The van der Waals surface area contributed by atoms with Crippen molar-refractivity contribution >= 4 is 18.0 Å². The van der Waals surface area contributed by atoms with Crippen LogP contribution in [0, 0.1) is 0 Å². The average Bonchev–Trinajstić information content (AvgIpc) is 3.62. The molecular formula is C28H30N4O7. The van der Waals surface area contributed by atoms with Gasteiger partial charge in [0.05, 0.1) is 7.11 Å². The molecule has 39 heavy (non-hydrogen) atoms. The summed E-state index contributed by atoms with van der Waals surface area (Å²) < 4.78 is 21.1. The summed E-state index contributed by atoms with van der Waals surface area (Å²) in [5.41, 5.74) is 1.66. The van der Waals surface area contributed by atoms with Gasteiger partial charge in [-0.2, -0.15) is 4.98 Å². The number of esters is 1. The maximum absolute atomic E-state index is 12.8. The van der Waals surface area contributed by atoms with Gasteiger partial charge < -0.3 is 23.6 Å². The molecule has 2 aromatic carbocycles. The highest BCUT2D eigenvalue weighted by Gasteiger charge is 2.44.